The van der Waals surface area contributed by atoms with Gasteiger partial charge in [0.1, 0.15) is 0 Å². The summed E-state index contributed by atoms with van der Waals surface area (Å²) in [6.07, 6.45) is -0.859. The van der Waals surface area contributed by atoms with Gasteiger partial charge < -0.3 is 15.3 Å². The van der Waals surface area contributed by atoms with Crippen LogP contribution in [0.25, 0.3) is 0 Å². The van der Waals surface area contributed by atoms with E-state index in [1.165, 1.54) is 17.8 Å². The van der Waals surface area contributed by atoms with Gasteiger partial charge in [-0.3, -0.25) is 0 Å². The van der Waals surface area contributed by atoms with Crippen molar-refractivity contribution in [2.45, 2.75) is 11.0 Å². The molecule has 0 saturated heterocycles. The van der Waals surface area contributed by atoms with Gasteiger partial charge >= 0.3 is 5.97 Å². The molecule has 0 bridgehead atoms. The van der Waals surface area contributed by atoms with Crippen molar-refractivity contribution in [1.29, 1.82) is 0 Å². The minimum Gasteiger partial charge on any atom is -0.478 e. The molecule has 0 aliphatic carbocycles. The molecule has 6 heteroatoms. The lowest BCUT2D eigenvalue weighted by Crippen LogP contribution is -2.14. The number of aromatic carboxylic acids is 1. The van der Waals surface area contributed by atoms with Crippen LogP contribution < -0.4 is 0 Å². The van der Waals surface area contributed by atoms with E-state index in [1.54, 1.807) is 12.1 Å². The molecule has 1 aromatic carbocycles. The van der Waals surface area contributed by atoms with Crippen molar-refractivity contribution >= 4 is 29.3 Å². The van der Waals surface area contributed by atoms with Crippen LogP contribution in [0.3, 0.4) is 0 Å². The van der Waals surface area contributed by atoms with E-state index >= 15 is 0 Å². The molecule has 0 heterocycles. The summed E-state index contributed by atoms with van der Waals surface area (Å²) in [5.74, 6) is -0.832. The van der Waals surface area contributed by atoms with Crippen LogP contribution in [0.2, 0.25) is 5.02 Å². The van der Waals surface area contributed by atoms with E-state index in [-0.39, 0.29) is 17.9 Å². The molecule has 0 amide bonds. The minimum absolute atomic E-state index is 0.0997. The smallest absolute Gasteiger partial charge is 0.336 e. The zero-order valence-electron chi connectivity index (χ0n) is 8.26. The number of thioether (sulfide) groups is 1. The molecule has 0 aliphatic rings. The third-order valence-electron chi connectivity index (χ3n) is 1.81. The first-order valence-corrected chi connectivity index (χ1v) is 5.85. The van der Waals surface area contributed by atoms with Crippen molar-refractivity contribution < 1.29 is 20.1 Å². The predicted molar refractivity (Wildman–Crippen MR) is 62.2 cm³/mol. The molecule has 4 nitrogen and oxygen atoms in total. The number of halogens is 1. The Balaban J connectivity index is 2.82. The lowest BCUT2D eigenvalue weighted by Gasteiger charge is -2.09. The summed E-state index contributed by atoms with van der Waals surface area (Å²) in [7, 11) is 0. The van der Waals surface area contributed by atoms with Crippen LogP contribution in [0, 0.1) is 0 Å². The number of carbonyl (C=O) groups is 1. The number of carboxylic acids is 1. The molecule has 1 aromatic rings. The van der Waals surface area contributed by atoms with Crippen molar-refractivity contribution in [1.82, 2.24) is 0 Å². The third kappa shape index (κ3) is 3.68. The van der Waals surface area contributed by atoms with Gasteiger partial charge in [0.2, 0.25) is 0 Å². The summed E-state index contributed by atoms with van der Waals surface area (Å²) < 4.78 is 0. The molecular weight excluding hydrogens is 252 g/mol. The van der Waals surface area contributed by atoms with Crippen LogP contribution in [0.15, 0.2) is 23.1 Å². The Morgan fingerprint density at radius 3 is 2.75 bits per heavy atom. The fourth-order valence-corrected chi connectivity index (χ4v) is 2.15. The Morgan fingerprint density at radius 1 is 1.50 bits per heavy atom. The third-order valence-corrected chi connectivity index (χ3v) is 3.27. The van der Waals surface area contributed by atoms with Crippen molar-refractivity contribution in [3.63, 3.8) is 0 Å². The van der Waals surface area contributed by atoms with Gasteiger partial charge in [-0.1, -0.05) is 11.6 Å². The average Bonchev–Trinajstić information content (AvgIpc) is 2.26. The van der Waals surface area contributed by atoms with Crippen LogP contribution in [0.1, 0.15) is 10.4 Å². The highest BCUT2D eigenvalue weighted by molar-refractivity contribution is 7.99. The normalized spacial score (nSPS) is 12.4. The van der Waals surface area contributed by atoms with Gasteiger partial charge in [-0.05, 0) is 18.2 Å². The zero-order chi connectivity index (χ0) is 12.1. The summed E-state index contributed by atoms with van der Waals surface area (Å²) in [6.45, 7) is -0.344. The number of rotatable bonds is 5. The molecule has 0 aromatic heterocycles. The molecule has 1 rings (SSSR count). The predicted octanol–water partition coefficient (Wildman–Crippen LogP) is 1.48. The summed E-state index contributed by atoms with van der Waals surface area (Å²) in [6, 6.07) is 4.53. The Hall–Kier alpha value is -0.750. The second-order valence-corrected chi connectivity index (χ2v) is 4.59. The van der Waals surface area contributed by atoms with Gasteiger partial charge in [0.25, 0.3) is 0 Å². The van der Waals surface area contributed by atoms with E-state index in [0.29, 0.717) is 9.92 Å². The molecule has 3 N–H and O–H groups in total. The fourth-order valence-electron chi connectivity index (χ4n) is 1.03. The summed E-state index contributed by atoms with van der Waals surface area (Å²) in [4.78, 5) is 11.4. The number of aliphatic hydroxyl groups excluding tert-OH is 2. The second-order valence-electron chi connectivity index (χ2n) is 3.09. The number of hydrogen-bond donors (Lipinski definition) is 3. The molecule has 0 aliphatic heterocycles. The molecule has 16 heavy (non-hydrogen) atoms. The first-order valence-electron chi connectivity index (χ1n) is 4.49. The molecule has 0 spiro atoms. The maximum absolute atomic E-state index is 10.9. The molecular formula is C10H11ClO4S. The number of hydrogen-bond acceptors (Lipinski definition) is 4. The summed E-state index contributed by atoms with van der Waals surface area (Å²) in [5, 5.41) is 27.1. The van der Waals surface area contributed by atoms with Crippen molar-refractivity contribution in [3.05, 3.63) is 28.8 Å². The summed E-state index contributed by atoms with van der Waals surface area (Å²) >= 11 is 6.86. The lowest BCUT2D eigenvalue weighted by molar-refractivity contribution is 0.0693. The number of carboxylic acid groups (broad SMARTS) is 1. The van der Waals surface area contributed by atoms with Crippen LogP contribution in [0.5, 0.6) is 0 Å². The van der Waals surface area contributed by atoms with Crippen LogP contribution in [-0.4, -0.2) is 39.8 Å². The Bertz CT molecular complexity index is 383. The van der Waals surface area contributed by atoms with Gasteiger partial charge in [0.15, 0.2) is 0 Å². The summed E-state index contributed by atoms with van der Waals surface area (Å²) in [5.41, 5.74) is 0.0997. The highest BCUT2D eigenvalue weighted by atomic mass is 35.5. The standard InChI is InChI=1S/C10H11ClO4S/c11-6-1-2-9(8(3-6)10(14)15)16-5-7(13)4-12/h1-3,7,12-13H,4-5H2,(H,14,15). The largest absolute Gasteiger partial charge is 0.478 e. The second kappa shape index (κ2) is 6.10. The Kier molecular flexibility index (Phi) is 5.08. The van der Waals surface area contributed by atoms with E-state index < -0.39 is 12.1 Å². The lowest BCUT2D eigenvalue weighted by atomic mass is 10.2. The van der Waals surface area contributed by atoms with E-state index in [2.05, 4.69) is 0 Å². The number of aliphatic hydroxyl groups is 2. The van der Waals surface area contributed by atoms with E-state index in [1.807, 2.05) is 0 Å². The van der Waals surface area contributed by atoms with Crippen LogP contribution in [0.4, 0.5) is 0 Å². The van der Waals surface area contributed by atoms with Gasteiger partial charge in [-0.15, -0.1) is 11.8 Å². The molecule has 1 unspecified atom stereocenters. The Labute approximate surface area is 102 Å². The van der Waals surface area contributed by atoms with Gasteiger partial charge in [0.05, 0.1) is 18.3 Å². The molecule has 0 fully saturated rings. The SMILES string of the molecule is O=C(O)c1cc(Cl)ccc1SCC(O)CO. The zero-order valence-corrected chi connectivity index (χ0v) is 9.83. The molecule has 0 radical (unpaired) electrons. The molecule has 0 saturated carbocycles. The minimum atomic E-state index is -1.07. The fraction of sp³-hybridized carbons (Fsp3) is 0.300. The van der Waals surface area contributed by atoms with Crippen LogP contribution >= 0.6 is 23.4 Å². The van der Waals surface area contributed by atoms with Crippen molar-refractivity contribution in [2.24, 2.45) is 0 Å². The van der Waals surface area contributed by atoms with E-state index in [0.717, 1.165) is 0 Å². The molecule has 1 atom stereocenters. The molecule has 88 valence electrons. The van der Waals surface area contributed by atoms with Gasteiger partial charge in [0, 0.05) is 15.7 Å². The quantitative estimate of drug-likeness (QED) is 0.701. The van der Waals surface area contributed by atoms with Gasteiger partial charge in [-0.25, -0.2) is 4.79 Å². The Morgan fingerprint density at radius 2 is 2.19 bits per heavy atom. The topological polar surface area (TPSA) is 77.8 Å². The monoisotopic (exact) mass is 262 g/mol. The number of benzene rings is 1. The van der Waals surface area contributed by atoms with E-state index in [9.17, 15) is 4.79 Å². The highest BCUT2D eigenvalue weighted by Gasteiger charge is 2.12. The van der Waals surface area contributed by atoms with Crippen LogP contribution in [-0.2, 0) is 0 Å². The maximum Gasteiger partial charge on any atom is 0.336 e. The maximum atomic E-state index is 10.9. The average molecular weight is 263 g/mol. The first-order chi connectivity index (χ1) is 7.54. The van der Waals surface area contributed by atoms with Crippen molar-refractivity contribution in [3.8, 4) is 0 Å². The highest BCUT2D eigenvalue weighted by Crippen LogP contribution is 2.26. The van der Waals surface area contributed by atoms with E-state index in [4.69, 9.17) is 26.9 Å². The first kappa shape index (κ1) is 13.3. The van der Waals surface area contributed by atoms with Gasteiger partial charge in [-0.2, -0.15) is 0 Å². The van der Waals surface area contributed by atoms with Crippen molar-refractivity contribution in [2.75, 3.05) is 12.4 Å².